The van der Waals surface area contributed by atoms with Gasteiger partial charge in [0.1, 0.15) is 24.7 Å². The lowest BCUT2D eigenvalue weighted by Gasteiger charge is -2.11. The third kappa shape index (κ3) is 5.49. The first kappa shape index (κ1) is 22.9. The summed E-state index contributed by atoms with van der Waals surface area (Å²) in [6.07, 6.45) is 1.29. The summed E-state index contributed by atoms with van der Waals surface area (Å²) in [4.78, 5) is 47.7. The number of amides is 2. The van der Waals surface area contributed by atoms with Crippen LogP contribution >= 0.6 is 11.8 Å². The lowest BCUT2D eigenvalue weighted by Crippen LogP contribution is -2.34. The molecule has 0 aliphatic carbocycles. The summed E-state index contributed by atoms with van der Waals surface area (Å²) in [6, 6.07) is 9.42. The first-order valence-electron chi connectivity index (χ1n) is 9.35. The van der Waals surface area contributed by atoms with Crippen LogP contribution < -0.4 is 4.74 Å². The van der Waals surface area contributed by atoms with Gasteiger partial charge in [0.15, 0.2) is 0 Å². The molecule has 32 heavy (non-hydrogen) atoms. The number of nitrogens with zero attached hydrogens (tertiary/aromatic N) is 2. The van der Waals surface area contributed by atoms with Gasteiger partial charge in [0.25, 0.3) is 16.8 Å². The highest BCUT2D eigenvalue weighted by Crippen LogP contribution is 2.35. The number of halogens is 1. The zero-order valence-electron chi connectivity index (χ0n) is 16.8. The van der Waals surface area contributed by atoms with Gasteiger partial charge < -0.3 is 9.47 Å². The maximum absolute atomic E-state index is 13.1. The molecule has 1 aliphatic heterocycles. The van der Waals surface area contributed by atoms with Crippen molar-refractivity contribution in [2.45, 2.75) is 13.5 Å². The van der Waals surface area contributed by atoms with E-state index < -0.39 is 34.4 Å². The predicted molar refractivity (Wildman–Crippen MR) is 113 cm³/mol. The Bertz CT molecular complexity index is 1100. The average Bonchev–Trinajstić information content (AvgIpc) is 3.01. The van der Waals surface area contributed by atoms with Gasteiger partial charge in [-0.3, -0.25) is 29.4 Å². The van der Waals surface area contributed by atoms with Crippen molar-refractivity contribution in [3.63, 3.8) is 0 Å². The molecule has 166 valence electrons. The summed E-state index contributed by atoms with van der Waals surface area (Å²) < 4.78 is 23.6. The fourth-order valence-electron chi connectivity index (χ4n) is 2.75. The number of imide groups is 1. The molecule has 1 saturated heterocycles. The second-order valence-electron chi connectivity index (χ2n) is 6.47. The van der Waals surface area contributed by atoms with Crippen LogP contribution in [0.15, 0.2) is 47.4 Å². The quantitative estimate of drug-likeness (QED) is 0.252. The van der Waals surface area contributed by atoms with Crippen LogP contribution in [0, 0.1) is 15.9 Å². The molecule has 0 N–H and O–H groups in total. The third-order valence-electron chi connectivity index (χ3n) is 4.26. The maximum atomic E-state index is 13.1. The van der Waals surface area contributed by atoms with Crippen LogP contribution in [0.3, 0.4) is 0 Å². The minimum atomic E-state index is -0.727. The third-order valence-corrected chi connectivity index (χ3v) is 5.17. The summed E-state index contributed by atoms with van der Waals surface area (Å²) in [5.74, 6) is -1.63. The first-order valence-corrected chi connectivity index (χ1v) is 10.2. The van der Waals surface area contributed by atoms with Crippen molar-refractivity contribution in [1.29, 1.82) is 0 Å². The van der Waals surface area contributed by atoms with Crippen LogP contribution in [0.1, 0.15) is 18.1 Å². The van der Waals surface area contributed by atoms with Gasteiger partial charge in [0.05, 0.1) is 16.4 Å². The maximum Gasteiger partial charge on any atom is 0.326 e. The Balaban J connectivity index is 1.86. The summed E-state index contributed by atoms with van der Waals surface area (Å²) >= 11 is 0.599. The van der Waals surface area contributed by atoms with Crippen LogP contribution in [-0.2, 0) is 20.9 Å². The summed E-state index contributed by atoms with van der Waals surface area (Å²) in [7, 11) is 0. The van der Waals surface area contributed by atoms with Crippen molar-refractivity contribution in [2.24, 2.45) is 0 Å². The molecule has 0 spiro atoms. The fourth-order valence-corrected chi connectivity index (χ4v) is 3.58. The van der Waals surface area contributed by atoms with E-state index in [1.165, 1.54) is 48.5 Å². The van der Waals surface area contributed by atoms with E-state index in [9.17, 15) is 28.9 Å². The largest absolute Gasteiger partial charge is 0.488 e. The molecule has 0 aromatic heterocycles. The van der Waals surface area contributed by atoms with Crippen LogP contribution in [-0.4, -0.2) is 40.1 Å². The smallest absolute Gasteiger partial charge is 0.326 e. The highest BCUT2D eigenvalue weighted by molar-refractivity contribution is 8.18. The van der Waals surface area contributed by atoms with Gasteiger partial charge >= 0.3 is 5.97 Å². The Kier molecular flexibility index (Phi) is 7.21. The van der Waals surface area contributed by atoms with Crippen molar-refractivity contribution < 1.29 is 33.2 Å². The van der Waals surface area contributed by atoms with Crippen LogP contribution in [0.2, 0.25) is 0 Å². The van der Waals surface area contributed by atoms with E-state index in [0.29, 0.717) is 17.3 Å². The number of nitro benzene ring substituents is 1. The van der Waals surface area contributed by atoms with Crippen LogP contribution in [0.25, 0.3) is 6.08 Å². The van der Waals surface area contributed by atoms with Crippen molar-refractivity contribution in [3.05, 3.63) is 74.4 Å². The Morgan fingerprint density at radius 3 is 2.59 bits per heavy atom. The zero-order chi connectivity index (χ0) is 23.3. The number of hydrogen-bond acceptors (Lipinski definition) is 8. The van der Waals surface area contributed by atoms with Crippen LogP contribution in [0.5, 0.6) is 5.75 Å². The van der Waals surface area contributed by atoms with Crippen molar-refractivity contribution in [1.82, 2.24) is 4.90 Å². The van der Waals surface area contributed by atoms with E-state index in [-0.39, 0.29) is 35.1 Å². The average molecular weight is 460 g/mol. The van der Waals surface area contributed by atoms with E-state index in [2.05, 4.69) is 0 Å². The molecular formula is C21H17FN2O7S. The highest BCUT2D eigenvalue weighted by atomic mass is 32.2. The molecule has 0 atom stereocenters. The number of carbonyl (C=O) groups excluding carboxylic acids is 3. The number of ether oxygens (including phenoxy) is 2. The van der Waals surface area contributed by atoms with Gasteiger partial charge in [-0.1, -0.05) is 12.1 Å². The molecule has 2 aromatic rings. The molecule has 1 heterocycles. The van der Waals surface area contributed by atoms with E-state index in [1.807, 2.05) is 0 Å². The topological polar surface area (TPSA) is 116 Å². The minimum absolute atomic E-state index is 0.0218. The second kappa shape index (κ2) is 10.1. The van der Waals surface area contributed by atoms with E-state index in [1.54, 1.807) is 6.92 Å². The molecule has 1 aliphatic rings. The lowest BCUT2D eigenvalue weighted by atomic mass is 10.1. The predicted octanol–water partition coefficient (Wildman–Crippen LogP) is 3.91. The van der Waals surface area contributed by atoms with Gasteiger partial charge in [-0.25, -0.2) is 4.39 Å². The number of benzene rings is 2. The standard InChI is InChI=1S/C21H17FN2O7S/c1-2-30-19(25)11-23-20(26)18(32-21(23)27)10-14-9-16(24(28)29)7-8-17(14)31-12-13-3-5-15(22)6-4-13/h3-10H,2,11-12H2,1H3/b18-10-. The van der Waals surface area contributed by atoms with Gasteiger partial charge in [-0.2, -0.15) is 0 Å². The lowest BCUT2D eigenvalue weighted by molar-refractivity contribution is -0.384. The molecule has 3 rings (SSSR count). The summed E-state index contributed by atoms with van der Waals surface area (Å²) in [5, 5.41) is 10.5. The Morgan fingerprint density at radius 2 is 1.94 bits per heavy atom. The number of nitro groups is 1. The van der Waals surface area contributed by atoms with Gasteiger partial charge in [0.2, 0.25) is 0 Å². The molecule has 0 unspecified atom stereocenters. The van der Waals surface area contributed by atoms with Gasteiger partial charge in [-0.15, -0.1) is 0 Å². The normalized spacial score (nSPS) is 14.7. The van der Waals surface area contributed by atoms with Crippen LogP contribution in [0.4, 0.5) is 14.9 Å². The Hall–Kier alpha value is -3.73. The van der Waals surface area contributed by atoms with E-state index >= 15 is 0 Å². The summed E-state index contributed by atoms with van der Waals surface area (Å²) in [6.45, 7) is 1.22. The first-order chi connectivity index (χ1) is 15.3. The molecule has 0 bridgehead atoms. The monoisotopic (exact) mass is 460 g/mol. The Morgan fingerprint density at radius 1 is 1.22 bits per heavy atom. The number of non-ortho nitro benzene ring substituents is 1. The number of hydrogen-bond donors (Lipinski definition) is 0. The molecule has 9 nitrogen and oxygen atoms in total. The molecule has 2 aromatic carbocycles. The number of thioether (sulfide) groups is 1. The number of esters is 1. The second-order valence-corrected chi connectivity index (χ2v) is 7.46. The molecule has 0 saturated carbocycles. The molecule has 11 heteroatoms. The molecular weight excluding hydrogens is 443 g/mol. The van der Waals surface area contributed by atoms with E-state index in [0.717, 1.165) is 4.90 Å². The van der Waals surface area contributed by atoms with Gasteiger partial charge in [0, 0.05) is 17.7 Å². The minimum Gasteiger partial charge on any atom is -0.488 e. The van der Waals surface area contributed by atoms with E-state index in [4.69, 9.17) is 9.47 Å². The zero-order valence-corrected chi connectivity index (χ0v) is 17.6. The summed E-state index contributed by atoms with van der Waals surface area (Å²) in [5.41, 5.74) is 0.615. The number of carbonyl (C=O) groups is 3. The molecule has 1 fully saturated rings. The highest BCUT2D eigenvalue weighted by Gasteiger charge is 2.37. The SMILES string of the molecule is CCOC(=O)CN1C(=O)S/C(=C\c2cc([N+](=O)[O-])ccc2OCc2ccc(F)cc2)C1=O. The fraction of sp³-hybridized carbons (Fsp3) is 0.190. The van der Waals surface area contributed by atoms with Crippen molar-refractivity contribution in [2.75, 3.05) is 13.2 Å². The molecule has 0 radical (unpaired) electrons. The van der Waals surface area contributed by atoms with Crippen molar-refractivity contribution >= 4 is 40.6 Å². The number of rotatable bonds is 8. The van der Waals surface area contributed by atoms with Crippen molar-refractivity contribution in [3.8, 4) is 5.75 Å². The molecule has 2 amide bonds. The Labute approximate surface area is 185 Å². The van der Waals surface area contributed by atoms with Gasteiger partial charge in [-0.05, 0) is 48.5 Å².